The molecule has 8 heteroatoms. The molecule has 0 unspecified atom stereocenters. The molecule has 2 heterocycles. The molecule has 4 rings (SSSR count). The van der Waals surface area contributed by atoms with Gasteiger partial charge in [0, 0.05) is 18.5 Å². The van der Waals surface area contributed by atoms with Gasteiger partial charge in [-0.2, -0.15) is 0 Å². The SMILES string of the molecule is COc1cc(-n2ccnc(Sc3nc4ccccc4s3)c2=O)ccc1OCC(C)(C)C. The first kappa shape index (κ1) is 21.4. The highest BCUT2D eigenvalue weighted by Gasteiger charge is 2.16. The van der Waals surface area contributed by atoms with Crippen LogP contribution in [0.15, 0.2) is 69.0 Å². The van der Waals surface area contributed by atoms with E-state index < -0.39 is 0 Å². The molecule has 6 nitrogen and oxygen atoms in total. The fraction of sp³-hybridized carbons (Fsp3) is 0.261. The van der Waals surface area contributed by atoms with Crippen LogP contribution in [0.5, 0.6) is 11.5 Å². The van der Waals surface area contributed by atoms with Crippen molar-refractivity contribution in [3.8, 4) is 17.2 Å². The summed E-state index contributed by atoms with van der Waals surface area (Å²) in [7, 11) is 1.59. The van der Waals surface area contributed by atoms with Crippen LogP contribution in [0.25, 0.3) is 15.9 Å². The third-order valence-corrected chi connectivity index (χ3v) is 6.42. The summed E-state index contributed by atoms with van der Waals surface area (Å²) in [5.41, 5.74) is 1.41. The molecule has 0 N–H and O–H groups in total. The number of hydrogen-bond donors (Lipinski definition) is 0. The van der Waals surface area contributed by atoms with Crippen LogP contribution in [0.4, 0.5) is 0 Å². The Morgan fingerprint density at radius 2 is 1.94 bits per heavy atom. The quantitative estimate of drug-likeness (QED) is 0.388. The summed E-state index contributed by atoms with van der Waals surface area (Å²) >= 11 is 2.82. The van der Waals surface area contributed by atoms with Gasteiger partial charge in [0.25, 0.3) is 5.56 Å². The van der Waals surface area contributed by atoms with E-state index in [4.69, 9.17) is 9.47 Å². The Balaban J connectivity index is 1.63. The van der Waals surface area contributed by atoms with Crippen molar-refractivity contribution in [3.63, 3.8) is 0 Å². The van der Waals surface area contributed by atoms with Gasteiger partial charge in [0.15, 0.2) is 20.9 Å². The Morgan fingerprint density at radius 1 is 1.13 bits per heavy atom. The number of hydrogen-bond acceptors (Lipinski definition) is 7. The van der Waals surface area contributed by atoms with Gasteiger partial charge in [-0.1, -0.05) is 32.9 Å². The average molecular weight is 454 g/mol. The minimum absolute atomic E-state index is 0.0263. The summed E-state index contributed by atoms with van der Waals surface area (Å²) in [5, 5.41) is 0.369. The summed E-state index contributed by atoms with van der Waals surface area (Å²) in [6, 6.07) is 13.4. The minimum Gasteiger partial charge on any atom is -0.493 e. The number of ether oxygens (including phenoxy) is 2. The molecule has 0 saturated carbocycles. The molecule has 0 bridgehead atoms. The molecule has 0 aliphatic heterocycles. The number of para-hydroxylation sites is 1. The van der Waals surface area contributed by atoms with E-state index >= 15 is 0 Å². The third kappa shape index (κ3) is 4.91. The smallest absolute Gasteiger partial charge is 0.288 e. The lowest BCUT2D eigenvalue weighted by molar-refractivity contribution is 0.191. The van der Waals surface area contributed by atoms with E-state index in [0.717, 1.165) is 14.6 Å². The molecule has 0 spiro atoms. The summed E-state index contributed by atoms with van der Waals surface area (Å²) in [4.78, 5) is 22.0. The molecular weight excluding hydrogens is 430 g/mol. The largest absolute Gasteiger partial charge is 0.493 e. The van der Waals surface area contributed by atoms with Crippen molar-refractivity contribution < 1.29 is 9.47 Å². The van der Waals surface area contributed by atoms with Crippen LogP contribution in [-0.2, 0) is 0 Å². The van der Waals surface area contributed by atoms with Crippen molar-refractivity contribution in [1.82, 2.24) is 14.5 Å². The van der Waals surface area contributed by atoms with Crippen LogP contribution < -0.4 is 15.0 Å². The molecule has 4 aromatic rings. The first-order valence-electron chi connectivity index (χ1n) is 9.76. The molecule has 0 fully saturated rings. The molecule has 160 valence electrons. The van der Waals surface area contributed by atoms with Crippen LogP contribution in [-0.4, -0.2) is 28.3 Å². The van der Waals surface area contributed by atoms with Gasteiger partial charge in [-0.05, 0) is 41.4 Å². The van der Waals surface area contributed by atoms with Crippen LogP contribution in [0.2, 0.25) is 0 Å². The second kappa shape index (κ2) is 8.72. The fourth-order valence-corrected chi connectivity index (χ4v) is 4.84. The first-order valence-corrected chi connectivity index (χ1v) is 11.4. The molecule has 31 heavy (non-hydrogen) atoms. The normalized spacial score (nSPS) is 11.6. The van der Waals surface area contributed by atoms with Crippen LogP contribution in [0, 0.1) is 5.41 Å². The highest BCUT2D eigenvalue weighted by Crippen LogP contribution is 2.33. The maximum Gasteiger partial charge on any atom is 0.288 e. The zero-order valence-electron chi connectivity index (χ0n) is 17.8. The Kier molecular flexibility index (Phi) is 6.02. The van der Waals surface area contributed by atoms with E-state index in [1.54, 1.807) is 41.5 Å². The Hall–Kier alpha value is -2.84. The van der Waals surface area contributed by atoms with Crippen molar-refractivity contribution in [2.24, 2.45) is 5.41 Å². The van der Waals surface area contributed by atoms with E-state index in [0.29, 0.717) is 28.8 Å². The molecule has 0 atom stereocenters. The van der Waals surface area contributed by atoms with E-state index in [2.05, 4.69) is 30.7 Å². The number of nitrogens with zero attached hydrogens (tertiary/aromatic N) is 3. The lowest BCUT2D eigenvalue weighted by atomic mass is 9.99. The van der Waals surface area contributed by atoms with Gasteiger partial charge in [-0.25, -0.2) is 9.97 Å². The van der Waals surface area contributed by atoms with Crippen molar-refractivity contribution in [2.75, 3.05) is 13.7 Å². The molecule has 0 amide bonds. The van der Waals surface area contributed by atoms with Crippen molar-refractivity contribution >= 4 is 33.3 Å². The van der Waals surface area contributed by atoms with Gasteiger partial charge >= 0.3 is 0 Å². The van der Waals surface area contributed by atoms with E-state index in [9.17, 15) is 4.79 Å². The number of aromatic nitrogens is 3. The summed E-state index contributed by atoms with van der Waals surface area (Å²) in [6.07, 6.45) is 3.27. The monoisotopic (exact) mass is 453 g/mol. The second-order valence-electron chi connectivity index (χ2n) is 8.14. The maximum atomic E-state index is 13.1. The number of thiazole rings is 1. The molecule has 0 radical (unpaired) electrons. The maximum absolute atomic E-state index is 13.1. The number of fused-ring (bicyclic) bond motifs is 1. The van der Waals surface area contributed by atoms with E-state index in [1.807, 2.05) is 36.4 Å². The molecule has 0 aliphatic rings. The van der Waals surface area contributed by atoms with Crippen molar-refractivity contribution in [3.05, 3.63) is 65.2 Å². The van der Waals surface area contributed by atoms with Gasteiger partial charge in [0.1, 0.15) is 0 Å². The van der Waals surface area contributed by atoms with Gasteiger partial charge in [0.2, 0.25) is 0 Å². The predicted octanol–water partition coefficient (Wildman–Crippen LogP) is 5.43. The molecule has 0 saturated heterocycles. The number of rotatable bonds is 6. The first-order chi connectivity index (χ1) is 14.8. The predicted molar refractivity (Wildman–Crippen MR) is 125 cm³/mol. The van der Waals surface area contributed by atoms with Crippen molar-refractivity contribution in [1.29, 1.82) is 0 Å². The molecule has 2 aromatic heterocycles. The zero-order valence-corrected chi connectivity index (χ0v) is 19.4. The van der Waals surface area contributed by atoms with Gasteiger partial charge < -0.3 is 9.47 Å². The molecular formula is C23H23N3O3S2. The molecule has 2 aromatic carbocycles. The zero-order chi connectivity index (χ0) is 22.0. The molecule has 0 aliphatic carbocycles. The van der Waals surface area contributed by atoms with Gasteiger partial charge in [0.05, 0.1) is 29.6 Å². The highest BCUT2D eigenvalue weighted by atomic mass is 32.2. The number of methoxy groups -OCH3 is 1. The summed E-state index contributed by atoms with van der Waals surface area (Å²) < 4.78 is 14.8. The standard InChI is InChI=1S/C23H23N3O3S2/c1-23(2,3)14-29-17-10-9-15(13-18(17)28-4)26-12-11-24-20(21(26)27)31-22-25-16-7-5-6-8-19(16)30-22/h5-13H,14H2,1-4H3. The highest BCUT2D eigenvalue weighted by molar-refractivity contribution is 8.01. The van der Waals surface area contributed by atoms with E-state index in [1.165, 1.54) is 11.8 Å². The van der Waals surface area contributed by atoms with Crippen LogP contribution >= 0.6 is 23.1 Å². The Bertz CT molecular complexity index is 1240. The van der Waals surface area contributed by atoms with Crippen LogP contribution in [0.3, 0.4) is 0 Å². The summed E-state index contributed by atoms with van der Waals surface area (Å²) in [5.74, 6) is 1.22. The summed E-state index contributed by atoms with van der Waals surface area (Å²) in [6.45, 7) is 6.87. The Morgan fingerprint density at radius 3 is 2.68 bits per heavy atom. The topological polar surface area (TPSA) is 66.2 Å². The lowest BCUT2D eigenvalue weighted by Crippen LogP contribution is -2.20. The third-order valence-electron chi connectivity index (χ3n) is 4.35. The second-order valence-corrected chi connectivity index (χ2v) is 10.4. The Labute approximate surface area is 188 Å². The van der Waals surface area contributed by atoms with Crippen molar-refractivity contribution in [2.45, 2.75) is 30.1 Å². The lowest BCUT2D eigenvalue weighted by Gasteiger charge is -2.20. The fourth-order valence-electron chi connectivity index (χ4n) is 2.86. The van der Waals surface area contributed by atoms with Crippen LogP contribution in [0.1, 0.15) is 20.8 Å². The minimum atomic E-state index is -0.211. The number of benzene rings is 2. The average Bonchev–Trinajstić information content (AvgIpc) is 3.15. The van der Waals surface area contributed by atoms with Gasteiger partial charge in [-0.15, -0.1) is 11.3 Å². The van der Waals surface area contributed by atoms with E-state index in [-0.39, 0.29) is 11.0 Å². The van der Waals surface area contributed by atoms with Gasteiger partial charge in [-0.3, -0.25) is 9.36 Å².